The van der Waals surface area contributed by atoms with E-state index in [2.05, 4.69) is 24.0 Å². The molecule has 92 valence electrons. The van der Waals surface area contributed by atoms with Crippen LogP contribution >= 0.6 is 0 Å². The second-order valence-electron chi connectivity index (χ2n) is 5.15. The summed E-state index contributed by atoms with van der Waals surface area (Å²) in [6.07, 6.45) is 2.65. The Balaban J connectivity index is 1.65. The lowest BCUT2D eigenvalue weighted by atomic mass is 9.99. The van der Waals surface area contributed by atoms with E-state index < -0.39 is 0 Å². The lowest BCUT2D eigenvalue weighted by Crippen LogP contribution is -2.32. The Morgan fingerprint density at radius 3 is 2.76 bits per heavy atom. The summed E-state index contributed by atoms with van der Waals surface area (Å²) in [5.41, 5.74) is 1.32. The van der Waals surface area contributed by atoms with Gasteiger partial charge in [-0.25, -0.2) is 0 Å². The molecule has 2 aliphatic heterocycles. The van der Waals surface area contributed by atoms with Crippen LogP contribution in [0.15, 0.2) is 18.2 Å². The Hall–Kier alpha value is -1.22. The van der Waals surface area contributed by atoms with Crippen molar-refractivity contribution in [1.29, 1.82) is 0 Å². The van der Waals surface area contributed by atoms with Crippen molar-refractivity contribution in [3.8, 4) is 11.5 Å². The highest BCUT2D eigenvalue weighted by Crippen LogP contribution is 2.33. The van der Waals surface area contributed by atoms with Crippen LogP contribution in [0.2, 0.25) is 0 Å². The highest BCUT2D eigenvalue weighted by atomic mass is 16.7. The Kier molecular flexibility index (Phi) is 2.93. The first kappa shape index (κ1) is 10.9. The highest BCUT2D eigenvalue weighted by molar-refractivity contribution is 5.44. The minimum Gasteiger partial charge on any atom is -0.454 e. The van der Waals surface area contributed by atoms with Gasteiger partial charge in [-0.05, 0) is 49.5 Å². The summed E-state index contributed by atoms with van der Waals surface area (Å²) < 4.78 is 10.7. The molecule has 1 aromatic carbocycles. The molecule has 1 saturated heterocycles. The standard InChI is InChI=1S/C14H19NO2/c1-11-4-6-15(7-5-11)9-12-2-3-13-14(8-12)17-10-16-13/h2-3,8,11H,4-7,9-10H2,1H3. The summed E-state index contributed by atoms with van der Waals surface area (Å²) in [4.78, 5) is 2.53. The van der Waals surface area contributed by atoms with E-state index in [1.807, 2.05) is 6.07 Å². The average molecular weight is 233 g/mol. The molecule has 0 aromatic heterocycles. The molecule has 0 atom stereocenters. The van der Waals surface area contributed by atoms with Crippen molar-refractivity contribution in [3.05, 3.63) is 23.8 Å². The van der Waals surface area contributed by atoms with Crippen LogP contribution in [0.25, 0.3) is 0 Å². The number of fused-ring (bicyclic) bond motifs is 1. The van der Waals surface area contributed by atoms with E-state index >= 15 is 0 Å². The molecular weight excluding hydrogens is 214 g/mol. The molecular formula is C14H19NO2. The summed E-state index contributed by atoms with van der Waals surface area (Å²) in [7, 11) is 0. The van der Waals surface area contributed by atoms with Crippen molar-refractivity contribution in [2.45, 2.75) is 26.3 Å². The number of rotatable bonds is 2. The van der Waals surface area contributed by atoms with Gasteiger partial charge in [-0.1, -0.05) is 13.0 Å². The third kappa shape index (κ3) is 2.39. The van der Waals surface area contributed by atoms with E-state index in [-0.39, 0.29) is 0 Å². The van der Waals surface area contributed by atoms with Gasteiger partial charge in [-0.2, -0.15) is 0 Å². The molecule has 17 heavy (non-hydrogen) atoms. The van der Waals surface area contributed by atoms with E-state index in [0.717, 1.165) is 24.0 Å². The topological polar surface area (TPSA) is 21.7 Å². The molecule has 1 aromatic rings. The Bertz CT molecular complexity index is 397. The summed E-state index contributed by atoms with van der Waals surface area (Å²) in [6, 6.07) is 6.27. The van der Waals surface area contributed by atoms with Crippen LogP contribution in [0.1, 0.15) is 25.3 Å². The van der Waals surface area contributed by atoms with Crippen LogP contribution in [0.3, 0.4) is 0 Å². The number of nitrogens with zero attached hydrogens (tertiary/aromatic N) is 1. The van der Waals surface area contributed by atoms with Crippen LogP contribution in [0.4, 0.5) is 0 Å². The first-order valence-corrected chi connectivity index (χ1v) is 6.42. The fourth-order valence-electron chi connectivity index (χ4n) is 2.52. The van der Waals surface area contributed by atoms with Crippen LogP contribution in [-0.2, 0) is 6.54 Å². The number of likely N-dealkylation sites (tertiary alicyclic amines) is 1. The lowest BCUT2D eigenvalue weighted by molar-refractivity contribution is 0.173. The smallest absolute Gasteiger partial charge is 0.231 e. The second kappa shape index (κ2) is 4.57. The molecule has 0 radical (unpaired) electrons. The maximum absolute atomic E-state index is 5.40. The molecule has 1 fully saturated rings. The lowest BCUT2D eigenvalue weighted by Gasteiger charge is -2.30. The molecule has 0 bridgehead atoms. The van der Waals surface area contributed by atoms with Gasteiger partial charge in [-0.15, -0.1) is 0 Å². The molecule has 2 aliphatic rings. The minimum absolute atomic E-state index is 0.361. The summed E-state index contributed by atoms with van der Waals surface area (Å²) in [5, 5.41) is 0. The van der Waals surface area contributed by atoms with Crippen molar-refractivity contribution < 1.29 is 9.47 Å². The van der Waals surface area contributed by atoms with Crippen LogP contribution in [0.5, 0.6) is 11.5 Å². The molecule has 0 saturated carbocycles. The molecule has 0 unspecified atom stereocenters. The molecule has 0 amide bonds. The fraction of sp³-hybridized carbons (Fsp3) is 0.571. The van der Waals surface area contributed by atoms with E-state index in [0.29, 0.717) is 6.79 Å². The average Bonchev–Trinajstić information content (AvgIpc) is 2.79. The Morgan fingerprint density at radius 2 is 1.94 bits per heavy atom. The van der Waals surface area contributed by atoms with Crippen molar-refractivity contribution in [2.75, 3.05) is 19.9 Å². The maximum Gasteiger partial charge on any atom is 0.231 e. The van der Waals surface area contributed by atoms with Gasteiger partial charge in [0.15, 0.2) is 11.5 Å². The van der Waals surface area contributed by atoms with Gasteiger partial charge < -0.3 is 9.47 Å². The first-order valence-electron chi connectivity index (χ1n) is 6.42. The zero-order chi connectivity index (χ0) is 11.7. The summed E-state index contributed by atoms with van der Waals surface area (Å²) in [5.74, 6) is 2.66. The van der Waals surface area contributed by atoms with Crippen LogP contribution in [-0.4, -0.2) is 24.8 Å². The van der Waals surface area contributed by atoms with Gasteiger partial charge in [0.2, 0.25) is 6.79 Å². The number of ether oxygens (including phenoxy) is 2. The molecule has 0 spiro atoms. The third-order valence-electron chi connectivity index (χ3n) is 3.72. The Labute approximate surface area is 102 Å². The number of benzene rings is 1. The predicted octanol–water partition coefficient (Wildman–Crippen LogP) is 2.65. The second-order valence-corrected chi connectivity index (χ2v) is 5.15. The van der Waals surface area contributed by atoms with Crippen molar-refractivity contribution in [2.24, 2.45) is 5.92 Å². The van der Waals surface area contributed by atoms with Gasteiger partial charge in [0.1, 0.15) is 0 Å². The zero-order valence-electron chi connectivity index (χ0n) is 10.3. The van der Waals surface area contributed by atoms with Gasteiger partial charge >= 0.3 is 0 Å². The van der Waals surface area contributed by atoms with Crippen molar-refractivity contribution in [3.63, 3.8) is 0 Å². The quantitative estimate of drug-likeness (QED) is 0.784. The van der Waals surface area contributed by atoms with E-state index in [1.54, 1.807) is 0 Å². The molecule has 0 N–H and O–H groups in total. The van der Waals surface area contributed by atoms with Crippen molar-refractivity contribution in [1.82, 2.24) is 4.90 Å². The molecule has 3 nitrogen and oxygen atoms in total. The van der Waals surface area contributed by atoms with Gasteiger partial charge in [-0.3, -0.25) is 4.90 Å². The van der Waals surface area contributed by atoms with E-state index in [1.165, 1.54) is 31.5 Å². The largest absolute Gasteiger partial charge is 0.454 e. The predicted molar refractivity (Wildman–Crippen MR) is 66.2 cm³/mol. The Morgan fingerprint density at radius 1 is 1.18 bits per heavy atom. The van der Waals surface area contributed by atoms with E-state index in [4.69, 9.17) is 9.47 Å². The maximum atomic E-state index is 5.40. The molecule has 3 heteroatoms. The van der Waals surface area contributed by atoms with Gasteiger partial charge in [0.05, 0.1) is 0 Å². The normalized spacial score (nSPS) is 20.8. The van der Waals surface area contributed by atoms with Crippen molar-refractivity contribution >= 4 is 0 Å². The number of hydrogen-bond donors (Lipinski definition) is 0. The summed E-state index contributed by atoms with van der Waals surface area (Å²) >= 11 is 0. The highest BCUT2D eigenvalue weighted by Gasteiger charge is 2.17. The zero-order valence-corrected chi connectivity index (χ0v) is 10.3. The first-order chi connectivity index (χ1) is 8.31. The number of piperidine rings is 1. The molecule has 3 rings (SSSR count). The monoisotopic (exact) mass is 233 g/mol. The molecule has 2 heterocycles. The van der Waals surface area contributed by atoms with Gasteiger partial charge in [0.25, 0.3) is 0 Å². The number of hydrogen-bond acceptors (Lipinski definition) is 3. The third-order valence-corrected chi connectivity index (χ3v) is 3.72. The van der Waals surface area contributed by atoms with Gasteiger partial charge in [0, 0.05) is 6.54 Å². The van der Waals surface area contributed by atoms with Crippen LogP contribution in [0, 0.1) is 5.92 Å². The SMILES string of the molecule is CC1CCN(Cc2ccc3c(c2)OCO3)CC1. The molecule has 0 aliphatic carbocycles. The summed E-state index contributed by atoms with van der Waals surface area (Å²) in [6.45, 7) is 6.17. The van der Waals surface area contributed by atoms with E-state index in [9.17, 15) is 0 Å². The van der Waals surface area contributed by atoms with Crippen LogP contribution < -0.4 is 9.47 Å². The fourth-order valence-corrected chi connectivity index (χ4v) is 2.52. The minimum atomic E-state index is 0.361.